The van der Waals surface area contributed by atoms with E-state index >= 15 is 0 Å². The van der Waals surface area contributed by atoms with Gasteiger partial charge in [-0.25, -0.2) is 0 Å². The van der Waals surface area contributed by atoms with Crippen LogP contribution in [0, 0.1) is 13.7 Å². The van der Waals surface area contributed by atoms with E-state index in [1.165, 1.54) is 18.2 Å². The van der Waals surface area contributed by atoms with Crippen molar-refractivity contribution < 1.29 is 19.5 Å². The number of rotatable bonds is 2. The summed E-state index contributed by atoms with van der Waals surface area (Å²) < 4.78 is 98.1. The fourth-order valence-corrected chi connectivity index (χ4v) is 3.90. The van der Waals surface area contributed by atoms with E-state index in [4.69, 9.17) is 19.5 Å². The maximum atomic E-state index is 9.17. The van der Waals surface area contributed by atoms with Crippen molar-refractivity contribution in [3.8, 4) is 11.3 Å². The molecule has 0 saturated heterocycles. The average Bonchev–Trinajstić information content (AvgIpc) is 3.33. The number of para-hydroxylation sites is 1. The quantitative estimate of drug-likeness (QED) is 0.314. The van der Waals surface area contributed by atoms with Crippen LogP contribution in [-0.2, 0) is 12.7 Å². The van der Waals surface area contributed by atoms with Gasteiger partial charge in [-0.05, 0) is 84.4 Å². The lowest BCUT2D eigenvalue weighted by molar-refractivity contribution is 0.669. The molecule has 2 heteroatoms. The molecule has 0 bridgehead atoms. The van der Waals surface area contributed by atoms with Crippen LogP contribution in [0.2, 0.25) is 0 Å². The van der Waals surface area contributed by atoms with Gasteiger partial charge < -0.3 is 4.42 Å². The van der Waals surface area contributed by atoms with Crippen LogP contribution in [0.25, 0.3) is 33.2 Å². The first-order valence-electron chi connectivity index (χ1n) is 15.1. The summed E-state index contributed by atoms with van der Waals surface area (Å²) in [5.74, 6) is -2.26. The van der Waals surface area contributed by atoms with Crippen LogP contribution in [0.5, 0.6) is 0 Å². The molecule has 0 radical (unpaired) electrons. The number of fused-ring (bicyclic) bond motifs is 4. The second-order valence-corrected chi connectivity index (χ2v) is 7.28. The van der Waals surface area contributed by atoms with E-state index in [-0.39, 0.29) is 39.1 Å². The number of pyridine rings is 1. The van der Waals surface area contributed by atoms with Gasteiger partial charge in [-0.15, -0.1) is 0 Å². The molecule has 6 rings (SSSR count). The Morgan fingerprint density at radius 1 is 0.933 bits per heavy atom. The highest BCUT2D eigenvalue weighted by Crippen LogP contribution is 2.41. The molecule has 2 aromatic heterocycles. The van der Waals surface area contributed by atoms with Crippen LogP contribution < -0.4 is 0 Å². The lowest BCUT2D eigenvalue weighted by Gasteiger charge is -2.08. The second kappa shape index (κ2) is 6.56. The third kappa shape index (κ3) is 2.68. The lowest BCUT2D eigenvalue weighted by Crippen LogP contribution is -1.96. The van der Waals surface area contributed by atoms with Crippen LogP contribution in [0.3, 0.4) is 0 Å². The summed E-state index contributed by atoms with van der Waals surface area (Å²) >= 11 is 0. The zero-order chi connectivity index (χ0) is 29.8. The number of hydrogen-bond acceptors (Lipinski definition) is 2. The summed E-state index contributed by atoms with van der Waals surface area (Å²) in [7, 11) is 0. The van der Waals surface area contributed by atoms with E-state index in [2.05, 4.69) is 4.98 Å². The first-order chi connectivity index (χ1) is 19.0. The smallest absolute Gasteiger partial charge is 0.144 e. The molecule has 1 atom stereocenters. The van der Waals surface area contributed by atoms with E-state index < -0.39 is 32.3 Å². The molecule has 1 aliphatic rings. The highest BCUT2D eigenvalue weighted by atomic mass is 16.3. The molecular weight excluding hydrogens is 366 g/mol. The molecular formula is C28H23NO. The molecule has 2 nitrogen and oxygen atoms in total. The van der Waals surface area contributed by atoms with E-state index in [9.17, 15) is 0 Å². The summed E-state index contributed by atoms with van der Waals surface area (Å²) in [5, 5.41) is 1.05. The highest BCUT2D eigenvalue weighted by molar-refractivity contribution is 6.09. The average molecular weight is 401 g/mol. The maximum absolute atomic E-state index is 9.17. The summed E-state index contributed by atoms with van der Waals surface area (Å²) in [6.07, 6.45) is -3.77. The molecule has 1 aliphatic carbocycles. The predicted molar refractivity (Wildman–Crippen MR) is 123 cm³/mol. The Morgan fingerprint density at radius 2 is 1.77 bits per heavy atom. The zero-order valence-corrected chi connectivity index (χ0v) is 15.8. The van der Waals surface area contributed by atoms with Crippen LogP contribution >= 0.6 is 0 Å². The van der Waals surface area contributed by atoms with Crippen molar-refractivity contribution >= 4 is 21.9 Å². The summed E-state index contributed by atoms with van der Waals surface area (Å²) in [6.45, 7) is -5.38. The van der Waals surface area contributed by atoms with Crippen molar-refractivity contribution in [2.24, 2.45) is 0 Å². The molecule has 1 unspecified atom stereocenters. The standard InChI is InChI=1S/C28H23NO/c1-17-11-26(29-16-18(17)2)24-10-6-9-23-25-14-21-12-20(19-7-4-3-5-8-19)13-22(21)15-27(25)30-28(23)24/h3-11,14-16,20H,12-13H2,1-2H3/i1D3,2D3,12D2,13D2,20D. The molecule has 0 fully saturated rings. The van der Waals surface area contributed by atoms with Crippen LogP contribution in [0.15, 0.2) is 77.3 Å². The van der Waals surface area contributed by atoms with E-state index in [0.717, 1.165) is 6.20 Å². The fourth-order valence-electron chi connectivity index (χ4n) is 3.90. The molecule has 0 aliphatic heterocycles. The summed E-state index contributed by atoms with van der Waals surface area (Å²) in [6, 6.07) is 17.4. The number of nitrogens with zero attached hydrogens (tertiary/aromatic N) is 1. The molecule has 3 aromatic carbocycles. The Labute approximate surface area is 191 Å². The predicted octanol–water partition coefficient (Wildman–Crippen LogP) is 7.15. The highest BCUT2D eigenvalue weighted by Gasteiger charge is 2.25. The van der Waals surface area contributed by atoms with Gasteiger partial charge in [0.2, 0.25) is 0 Å². The Balaban J connectivity index is 1.58. The largest absolute Gasteiger partial charge is 0.455 e. The molecule has 146 valence electrons. The van der Waals surface area contributed by atoms with Gasteiger partial charge in [0.1, 0.15) is 11.2 Å². The maximum Gasteiger partial charge on any atom is 0.144 e. The third-order valence-corrected chi connectivity index (χ3v) is 5.40. The number of aryl methyl sites for hydroxylation is 2. The third-order valence-electron chi connectivity index (χ3n) is 5.40. The van der Waals surface area contributed by atoms with Crippen molar-refractivity contribution in [3.63, 3.8) is 0 Å². The van der Waals surface area contributed by atoms with Gasteiger partial charge in [0.05, 0.1) is 5.69 Å². The first-order valence-corrected chi connectivity index (χ1v) is 9.57. The van der Waals surface area contributed by atoms with Crippen LogP contribution in [0.4, 0.5) is 0 Å². The second-order valence-electron chi connectivity index (χ2n) is 7.28. The van der Waals surface area contributed by atoms with Gasteiger partial charge in [-0.1, -0.05) is 42.5 Å². The Bertz CT molecular complexity index is 1840. The molecule has 0 N–H and O–H groups in total. The van der Waals surface area contributed by atoms with Crippen molar-refractivity contribution in [2.45, 2.75) is 32.3 Å². The monoisotopic (exact) mass is 400 g/mol. The molecule has 0 spiro atoms. The molecule has 30 heavy (non-hydrogen) atoms. The van der Waals surface area contributed by atoms with Crippen molar-refractivity contribution in [1.82, 2.24) is 4.98 Å². The fraction of sp³-hybridized carbons (Fsp3) is 0.179. The number of benzene rings is 3. The Hall–Kier alpha value is -3.39. The molecule has 0 saturated carbocycles. The minimum Gasteiger partial charge on any atom is -0.455 e. The Morgan fingerprint density at radius 3 is 2.60 bits per heavy atom. The molecule has 5 aromatic rings. The SMILES string of the molecule is [2H]C([2H])([2H])c1cnc(-c2cccc3c2oc2cc4c(cc23)C([2H])([2H])C([2H])(c2ccccc2)C4([2H])[2H])cc1C([2H])([2H])[2H]. The van der Waals surface area contributed by atoms with Gasteiger partial charge in [-0.2, -0.15) is 0 Å². The van der Waals surface area contributed by atoms with Crippen molar-refractivity contribution in [3.05, 3.63) is 101 Å². The molecule has 0 amide bonds. The van der Waals surface area contributed by atoms with E-state index in [1.807, 2.05) is 0 Å². The van der Waals surface area contributed by atoms with Gasteiger partial charge in [0.15, 0.2) is 0 Å². The minimum atomic E-state index is -2.71. The zero-order valence-electron chi connectivity index (χ0n) is 26.8. The van der Waals surface area contributed by atoms with Gasteiger partial charge >= 0.3 is 0 Å². The minimum absolute atomic E-state index is 0.0132. The van der Waals surface area contributed by atoms with E-state index in [1.54, 1.807) is 48.5 Å². The number of furan rings is 1. The van der Waals surface area contributed by atoms with Crippen LogP contribution in [-0.4, -0.2) is 4.98 Å². The van der Waals surface area contributed by atoms with Crippen molar-refractivity contribution in [1.29, 1.82) is 0 Å². The van der Waals surface area contributed by atoms with Gasteiger partial charge in [0, 0.05) is 37.6 Å². The lowest BCUT2D eigenvalue weighted by atomic mass is 9.96. The summed E-state index contributed by atoms with van der Waals surface area (Å²) in [5.41, 5.74) is 0.710. The van der Waals surface area contributed by atoms with Crippen molar-refractivity contribution in [2.75, 3.05) is 0 Å². The molecule has 2 heterocycles. The van der Waals surface area contributed by atoms with Gasteiger partial charge in [0.25, 0.3) is 0 Å². The summed E-state index contributed by atoms with van der Waals surface area (Å²) in [4.78, 5) is 4.26. The number of hydrogen-bond donors (Lipinski definition) is 0. The van der Waals surface area contributed by atoms with Gasteiger partial charge in [-0.3, -0.25) is 4.98 Å². The first kappa shape index (κ1) is 9.61. The Kier molecular flexibility index (Phi) is 2.10. The normalized spacial score (nSPS) is 27.8. The topological polar surface area (TPSA) is 26.0 Å². The van der Waals surface area contributed by atoms with Crippen LogP contribution in [0.1, 0.15) is 48.8 Å². The van der Waals surface area contributed by atoms with E-state index in [0.29, 0.717) is 21.9 Å². The number of aromatic nitrogens is 1.